The van der Waals surface area contributed by atoms with Crippen molar-refractivity contribution in [3.05, 3.63) is 41.6 Å². The Morgan fingerprint density at radius 2 is 2.22 bits per heavy atom. The van der Waals surface area contributed by atoms with Crippen LogP contribution in [0.3, 0.4) is 0 Å². The molecule has 2 rings (SSSR count). The first-order valence-corrected chi connectivity index (χ1v) is 5.92. The first-order valence-electron chi connectivity index (χ1n) is 5.92. The van der Waals surface area contributed by atoms with Crippen molar-refractivity contribution in [3.63, 3.8) is 0 Å². The van der Waals surface area contributed by atoms with E-state index in [0.29, 0.717) is 24.8 Å². The summed E-state index contributed by atoms with van der Waals surface area (Å²) in [7, 11) is 0. The average molecular weight is 247 g/mol. The van der Waals surface area contributed by atoms with Crippen molar-refractivity contribution in [1.29, 1.82) is 0 Å². The van der Waals surface area contributed by atoms with Gasteiger partial charge in [0.25, 0.3) is 0 Å². The fourth-order valence-electron chi connectivity index (χ4n) is 1.51. The van der Waals surface area contributed by atoms with Crippen LogP contribution in [0.15, 0.2) is 28.7 Å². The van der Waals surface area contributed by atoms with E-state index in [9.17, 15) is 0 Å². The predicted octanol–water partition coefficient (Wildman–Crippen LogP) is 2.02. The van der Waals surface area contributed by atoms with Crippen LogP contribution in [0.4, 0.5) is 0 Å². The maximum atomic E-state index is 5.64. The number of aromatic nitrogens is 2. The summed E-state index contributed by atoms with van der Waals surface area (Å²) in [5.41, 5.74) is 6.81. The Labute approximate surface area is 106 Å². The van der Waals surface area contributed by atoms with Crippen LogP contribution in [-0.2, 0) is 6.42 Å². The van der Waals surface area contributed by atoms with Crippen molar-refractivity contribution in [2.75, 3.05) is 6.61 Å². The summed E-state index contributed by atoms with van der Waals surface area (Å²) in [5, 5.41) is 7.77. The fraction of sp³-hybridized carbons (Fsp3) is 0.385. The first-order chi connectivity index (χ1) is 8.65. The summed E-state index contributed by atoms with van der Waals surface area (Å²) in [6, 6.07) is 7.67. The molecule has 96 valence electrons. The van der Waals surface area contributed by atoms with Gasteiger partial charge in [-0.3, -0.25) is 0 Å². The van der Waals surface area contributed by atoms with Crippen molar-refractivity contribution >= 4 is 0 Å². The van der Waals surface area contributed by atoms with Crippen molar-refractivity contribution < 1.29 is 9.15 Å². The fourth-order valence-corrected chi connectivity index (χ4v) is 1.51. The minimum absolute atomic E-state index is 0.232. The van der Waals surface area contributed by atoms with E-state index in [1.807, 2.05) is 31.2 Å². The van der Waals surface area contributed by atoms with Crippen LogP contribution in [0, 0.1) is 6.92 Å². The molecule has 0 aliphatic rings. The molecule has 0 bridgehead atoms. The van der Waals surface area contributed by atoms with Gasteiger partial charge in [0, 0.05) is 0 Å². The molecule has 0 amide bonds. The largest absolute Gasteiger partial charge is 0.493 e. The topological polar surface area (TPSA) is 74.2 Å². The molecule has 2 N–H and O–H groups in total. The van der Waals surface area contributed by atoms with E-state index in [0.717, 1.165) is 5.75 Å². The molecule has 0 spiro atoms. The lowest BCUT2D eigenvalue weighted by atomic mass is 10.2. The standard InChI is InChI=1S/C13H17N3O2/c1-9-4-3-5-11(8-9)17-7-6-12-15-16-13(18-12)10(2)14/h3-5,8,10H,6-7,14H2,1-2H3. The number of benzene rings is 1. The van der Waals surface area contributed by atoms with E-state index in [4.69, 9.17) is 14.9 Å². The molecule has 0 saturated heterocycles. The van der Waals surface area contributed by atoms with Gasteiger partial charge in [-0.15, -0.1) is 10.2 Å². The molecular formula is C13H17N3O2. The second-order valence-corrected chi connectivity index (χ2v) is 4.24. The SMILES string of the molecule is Cc1cccc(OCCc2nnc(C(C)N)o2)c1. The average Bonchev–Trinajstić information content (AvgIpc) is 2.78. The first kappa shape index (κ1) is 12.6. The summed E-state index contributed by atoms with van der Waals surface area (Å²) in [6.45, 7) is 4.34. The minimum atomic E-state index is -0.232. The Morgan fingerprint density at radius 3 is 2.89 bits per heavy atom. The van der Waals surface area contributed by atoms with Crippen LogP contribution >= 0.6 is 0 Å². The van der Waals surface area contributed by atoms with Crippen molar-refractivity contribution in [2.45, 2.75) is 26.3 Å². The van der Waals surface area contributed by atoms with E-state index < -0.39 is 0 Å². The van der Waals surface area contributed by atoms with Gasteiger partial charge < -0.3 is 14.9 Å². The van der Waals surface area contributed by atoms with Crippen LogP contribution in [0.1, 0.15) is 30.3 Å². The molecule has 1 aromatic carbocycles. The van der Waals surface area contributed by atoms with Gasteiger partial charge in [0.1, 0.15) is 5.75 Å². The number of ether oxygens (including phenoxy) is 1. The van der Waals surface area contributed by atoms with Gasteiger partial charge in [-0.2, -0.15) is 0 Å². The summed E-state index contributed by atoms with van der Waals surface area (Å²) < 4.78 is 11.0. The van der Waals surface area contributed by atoms with Gasteiger partial charge in [0.2, 0.25) is 11.8 Å². The van der Waals surface area contributed by atoms with E-state index in [-0.39, 0.29) is 6.04 Å². The molecule has 0 aliphatic heterocycles. The van der Waals surface area contributed by atoms with Crippen molar-refractivity contribution in [1.82, 2.24) is 10.2 Å². The quantitative estimate of drug-likeness (QED) is 0.874. The van der Waals surface area contributed by atoms with Crippen LogP contribution in [-0.4, -0.2) is 16.8 Å². The molecule has 1 unspecified atom stereocenters. The molecule has 1 aromatic heterocycles. The van der Waals surface area contributed by atoms with Crippen molar-refractivity contribution in [2.24, 2.45) is 5.73 Å². The van der Waals surface area contributed by atoms with Gasteiger partial charge in [0.05, 0.1) is 19.1 Å². The summed E-state index contributed by atoms with van der Waals surface area (Å²) >= 11 is 0. The predicted molar refractivity (Wildman–Crippen MR) is 67.3 cm³/mol. The van der Waals surface area contributed by atoms with E-state index >= 15 is 0 Å². The van der Waals surface area contributed by atoms with Crippen LogP contribution in [0.2, 0.25) is 0 Å². The lowest BCUT2D eigenvalue weighted by Crippen LogP contribution is -2.04. The molecule has 0 fully saturated rings. The molecule has 1 heterocycles. The summed E-state index contributed by atoms with van der Waals surface area (Å²) in [4.78, 5) is 0. The van der Waals surface area contributed by atoms with Gasteiger partial charge in [0.15, 0.2) is 0 Å². The number of aryl methyl sites for hydroxylation is 1. The van der Waals surface area contributed by atoms with E-state index in [2.05, 4.69) is 10.2 Å². The molecule has 5 heteroatoms. The molecule has 0 aliphatic carbocycles. The number of hydrogen-bond donors (Lipinski definition) is 1. The number of nitrogens with two attached hydrogens (primary N) is 1. The maximum Gasteiger partial charge on any atom is 0.232 e. The Balaban J connectivity index is 1.84. The maximum absolute atomic E-state index is 5.64. The third-order valence-corrected chi connectivity index (χ3v) is 2.45. The minimum Gasteiger partial charge on any atom is -0.493 e. The van der Waals surface area contributed by atoms with Crippen LogP contribution < -0.4 is 10.5 Å². The Kier molecular flexibility index (Phi) is 3.94. The van der Waals surface area contributed by atoms with Crippen molar-refractivity contribution in [3.8, 4) is 5.75 Å². The zero-order chi connectivity index (χ0) is 13.0. The molecule has 5 nitrogen and oxygen atoms in total. The normalized spacial score (nSPS) is 12.4. The van der Waals surface area contributed by atoms with Gasteiger partial charge in [-0.25, -0.2) is 0 Å². The molecule has 1 atom stereocenters. The molecular weight excluding hydrogens is 230 g/mol. The zero-order valence-electron chi connectivity index (χ0n) is 10.6. The second kappa shape index (κ2) is 5.64. The third kappa shape index (κ3) is 3.30. The highest BCUT2D eigenvalue weighted by Gasteiger charge is 2.09. The van der Waals surface area contributed by atoms with Gasteiger partial charge in [-0.1, -0.05) is 12.1 Å². The number of hydrogen-bond acceptors (Lipinski definition) is 5. The van der Waals surface area contributed by atoms with E-state index in [1.54, 1.807) is 6.92 Å². The number of nitrogens with zero attached hydrogens (tertiary/aromatic N) is 2. The Morgan fingerprint density at radius 1 is 1.39 bits per heavy atom. The highest BCUT2D eigenvalue weighted by atomic mass is 16.5. The van der Waals surface area contributed by atoms with E-state index in [1.165, 1.54) is 5.56 Å². The molecule has 18 heavy (non-hydrogen) atoms. The molecule has 0 radical (unpaired) electrons. The molecule has 2 aromatic rings. The van der Waals surface area contributed by atoms with Crippen LogP contribution in [0.25, 0.3) is 0 Å². The monoisotopic (exact) mass is 247 g/mol. The van der Waals surface area contributed by atoms with Gasteiger partial charge >= 0.3 is 0 Å². The zero-order valence-corrected chi connectivity index (χ0v) is 10.6. The van der Waals surface area contributed by atoms with Gasteiger partial charge in [-0.05, 0) is 31.5 Å². The Hall–Kier alpha value is -1.88. The number of rotatable bonds is 5. The third-order valence-electron chi connectivity index (χ3n) is 2.45. The molecule has 0 saturated carbocycles. The lowest BCUT2D eigenvalue weighted by molar-refractivity contribution is 0.302. The van der Waals surface area contributed by atoms with Crippen LogP contribution in [0.5, 0.6) is 5.75 Å². The highest BCUT2D eigenvalue weighted by Crippen LogP contribution is 2.13. The lowest BCUT2D eigenvalue weighted by Gasteiger charge is -2.04. The second-order valence-electron chi connectivity index (χ2n) is 4.24. The smallest absolute Gasteiger partial charge is 0.232 e. The summed E-state index contributed by atoms with van der Waals surface area (Å²) in [5.74, 6) is 1.86. The highest BCUT2D eigenvalue weighted by molar-refractivity contribution is 5.27. The Bertz CT molecular complexity index is 508. The summed E-state index contributed by atoms with van der Waals surface area (Å²) in [6.07, 6.45) is 0.577.